The number of amides is 3. The molecule has 2 heterocycles. The first-order chi connectivity index (χ1) is 13.3. The summed E-state index contributed by atoms with van der Waals surface area (Å²) in [4.78, 5) is 46.5. The van der Waals surface area contributed by atoms with Gasteiger partial charge in [-0.25, -0.2) is 4.79 Å². The number of nitrogens with zero attached hydrogens (tertiary/aromatic N) is 4. The lowest BCUT2D eigenvalue weighted by Crippen LogP contribution is -2.56. The Bertz CT molecular complexity index is 685. The van der Waals surface area contributed by atoms with Gasteiger partial charge in [-0.15, -0.1) is 0 Å². The van der Waals surface area contributed by atoms with Crippen molar-refractivity contribution in [2.45, 2.75) is 27.2 Å². The third-order valence-electron chi connectivity index (χ3n) is 4.99. The maximum Gasteiger partial charge on any atom is 0.409 e. The molecule has 1 aliphatic heterocycles. The molecule has 0 unspecified atom stereocenters. The number of rotatable bonds is 6. The second-order valence-corrected chi connectivity index (χ2v) is 7.44. The van der Waals surface area contributed by atoms with E-state index in [4.69, 9.17) is 4.74 Å². The Hall–Kier alpha value is -2.64. The Labute approximate surface area is 166 Å². The predicted octanol–water partition coefficient (Wildman–Crippen LogP) is 1.41. The summed E-state index contributed by atoms with van der Waals surface area (Å²) in [5.41, 5.74) is -0.0621. The Morgan fingerprint density at radius 3 is 2.25 bits per heavy atom. The summed E-state index contributed by atoms with van der Waals surface area (Å²) in [5.74, 6) is -0.420. The number of aromatic nitrogens is 1. The lowest BCUT2D eigenvalue weighted by Gasteiger charge is -2.38. The molecule has 0 aliphatic carbocycles. The van der Waals surface area contributed by atoms with Crippen molar-refractivity contribution >= 4 is 17.9 Å². The second-order valence-electron chi connectivity index (χ2n) is 7.44. The van der Waals surface area contributed by atoms with Crippen LogP contribution in [-0.4, -0.2) is 84.0 Å². The van der Waals surface area contributed by atoms with E-state index < -0.39 is 5.41 Å². The maximum absolute atomic E-state index is 13.0. The highest BCUT2D eigenvalue weighted by molar-refractivity contribution is 6.04. The summed E-state index contributed by atoms with van der Waals surface area (Å²) < 4.78 is 5.00. The summed E-state index contributed by atoms with van der Waals surface area (Å²) in [6, 6.07) is 3.83. The molecule has 1 fully saturated rings. The van der Waals surface area contributed by atoms with Gasteiger partial charge in [-0.05, 0) is 44.9 Å². The highest BCUT2D eigenvalue weighted by atomic mass is 16.6. The van der Waals surface area contributed by atoms with Gasteiger partial charge < -0.3 is 19.4 Å². The van der Waals surface area contributed by atoms with Gasteiger partial charge in [0.05, 0.1) is 6.61 Å². The standard InChI is InChI=1S/C20H30N4O4/c1-5-28-19(27)24-14-12-23(13-15-24)18(26)20(2,3)17(25)22(4)11-8-16-6-9-21-10-7-16/h6-7,9-10H,5,8,11-15H2,1-4H3. The monoisotopic (exact) mass is 390 g/mol. The molecular formula is C20H30N4O4. The first-order valence-corrected chi connectivity index (χ1v) is 9.63. The van der Waals surface area contributed by atoms with Crippen LogP contribution in [0.5, 0.6) is 0 Å². The SMILES string of the molecule is CCOC(=O)N1CCN(C(=O)C(C)(C)C(=O)N(C)CCc2ccncc2)CC1. The second kappa shape index (κ2) is 9.52. The molecule has 8 nitrogen and oxygen atoms in total. The molecule has 0 saturated carbocycles. The zero-order valence-electron chi connectivity index (χ0n) is 17.2. The highest BCUT2D eigenvalue weighted by Crippen LogP contribution is 2.23. The quantitative estimate of drug-likeness (QED) is 0.686. The van der Waals surface area contributed by atoms with E-state index in [1.54, 1.807) is 54.9 Å². The van der Waals surface area contributed by atoms with Crippen molar-refractivity contribution in [2.24, 2.45) is 5.41 Å². The van der Waals surface area contributed by atoms with Crippen LogP contribution in [0.25, 0.3) is 0 Å². The van der Waals surface area contributed by atoms with Gasteiger partial charge in [0, 0.05) is 52.2 Å². The fourth-order valence-electron chi connectivity index (χ4n) is 3.22. The first-order valence-electron chi connectivity index (χ1n) is 9.63. The van der Waals surface area contributed by atoms with Gasteiger partial charge in [0.2, 0.25) is 11.8 Å². The van der Waals surface area contributed by atoms with Gasteiger partial charge >= 0.3 is 6.09 Å². The number of pyridine rings is 1. The van der Waals surface area contributed by atoms with E-state index in [0.29, 0.717) is 45.8 Å². The number of likely N-dealkylation sites (N-methyl/N-ethyl adjacent to an activating group) is 1. The minimum atomic E-state index is -1.15. The molecule has 0 radical (unpaired) electrons. The number of piperazine rings is 1. The van der Waals surface area contributed by atoms with Crippen molar-refractivity contribution in [1.29, 1.82) is 0 Å². The van der Waals surface area contributed by atoms with Crippen LogP contribution in [0.3, 0.4) is 0 Å². The molecule has 1 aromatic rings. The Morgan fingerprint density at radius 2 is 1.68 bits per heavy atom. The molecule has 0 atom stereocenters. The topological polar surface area (TPSA) is 83.0 Å². The fourth-order valence-corrected chi connectivity index (χ4v) is 3.22. The lowest BCUT2D eigenvalue weighted by atomic mass is 9.89. The molecule has 1 aliphatic rings. The number of ether oxygens (including phenoxy) is 1. The maximum atomic E-state index is 13.0. The third-order valence-corrected chi connectivity index (χ3v) is 4.99. The van der Waals surface area contributed by atoms with Crippen molar-refractivity contribution in [3.8, 4) is 0 Å². The first kappa shape index (κ1) is 21.7. The zero-order chi connectivity index (χ0) is 20.7. The molecule has 0 bridgehead atoms. The Morgan fingerprint density at radius 1 is 1.11 bits per heavy atom. The molecule has 3 amide bonds. The molecule has 8 heteroatoms. The van der Waals surface area contributed by atoms with E-state index in [0.717, 1.165) is 5.56 Å². The van der Waals surface area contributed by atoms with E-state index in [1.165, 1.54) is 0 Å². The molecule has 0 spiro atoms. The van der Waals surface area contributed by atoms with Crippen molar-refractivity contribution in [3.63, 3.8) is 0 Å². The van der Waals surface area contributed by atoms with Crippen LogP contribution in [0.15, 0.2) is 24.5 Å². The van der Waals surface area contributed by atoms with E-state index >= 15 is 0 Å². The largest absolute Gasteiger partial charge is 0.450 e. The summed E-state index contributed by atoms with van der Waals surface area (Å²) in [6.45, 7) is 7.55. The average molecular weight is 390 g/mol. The average Bonchev–Trinajstić information content (AvgIpc) is 2.71. The van der Waals surface area contributed by atoms with Crippen LogP contribution in [-0.2, 0) is 20.7 Å². The molecule has 28 heavy (non-hydrogen) atoms. The summed E-state index contributed by atoms with van der Waals surface area (Å²) >= 11 is 0. The van der Waals surface area contributed by atoms with Crippen molar-refractivity contribution < 1.29 is 19.1 Å². The van der Waals surface area contributed by atoms with Crippen molar-refractivity contribution in [2.75, 3.05) is 46.4 Å². The van der Waals surface area contributed by atoms with Gasteiger partial charge in [-0.2, -0.15) is 0 Å². The van der Waals surface area contributed by atoms with Gasteiger partial charge in [0.25, 0.3) is 0 Å². The summed E-state index contributed by atoms with van der Waals surface area (Å²) in [6.07, 6.45) is 3.79. The third kappa shape index (κ3) is 5.21. The van der Waals surface area contributed by atoms with Crippen LogP contribution in [0.1, 0.15) is 26.3 Å². The molecule has 2 rings (SSSR count). The van der Waals surface area contributed by atoms with E-state index in [-0.39, 0.29) is 17.9 Å². The molecule has 0 N–H and O–H groups in total. The van der Waals surface area contributed by atoms with Crippen LogP contribution in [0.2, 0.25) is 0 Å². The predicted molar refractivity (Wildman–Crippen MR) is 105 cm³/mol. The van der Waals surface area contributed by atoms with Crippen LogP contribution < -0.4 is 0 Å². The number of hydrogen-bond acceptors (Lipinski definition) is 5. The zero-order valence-corrected chi connectivity index (χ0v) is 17.2. The molecule has 0 aromatic carbocycles. The van der Waals surface area contributed by atoms with Crippen molar-refractivity contribution in [3.05, 3.63) is 30.1 Å². The van der Waals surface area contributed by atoms with E-state index in [2.05, 4.69) is 4.98 Å². The Balaban J connectivity index is 1.90. The van der Waals surface area contributed by atoms with E-state index in [1.807, 2.05) is 12.1 Å². The highest BCUT2D eigenvalue weighted by Gasteiger charge is 2.41. The van der Waals surface area contributed by atoms with Gasteiger partial charge in [0.15, 0.2) is 0 Å². The Kier molecular flexibility index (Phi) is 7.37. The smallest absolute Gasteiger partial charge is 0.409 e. The number of carbonyl (C=O) groups is 3. The number of carbonyl (C=O) groups excluding carboxylic acids is 3. The molecule has 1 saturated heterocycles. The van der Waals surface area contributed by atoms with Crippen LogP contribution >= 0.6 is 0 Å². The van der Waals surface area contributed by atoms with Gasteiger partial charge in [-0.1, -0.05) is 0 Å². The summed E-state index contributed by atoms with van der Waals surface area (Å²) in [7, 11) is 1.72. The van der Waals surface area contributed by atoms with Gasteiger partial charge in [0.1, 0.15) is 5.41 Å². The summed E-state index contributed by atoms with van der Waals surface area (Å²) in [5, 5.41) is 0. The minimum Gasteiger partial charge on any atom is -0.450 e. The normalized spacial score (nSPS) is 14.6. The molecule has 1 aromatic heterocycles. The van der Waals surface area contributed by atoms with Gasteiger partial charge in [-0.3, -0.25) is 14.6 Å². The van der Waals surface area contributed by atoms with Crippen LogP contribution in [0, 0.1) is 5.41 Å². The van der Waals surface area contributed by atoms with Crippen molar-refractivity contribution in [1.82, 2.24) is 19.7 Å². The molecular weight excluding hydrogens is 360 g/mol. The minimum absolute atomic E-state index is 0.209. The lowest BCUT2D eigenvalue weighted by molar-refractivity contribution is -0.154. The van der Waals surface area contributed by atoms with Crippen LogP contribution in [0.4, 0.5) is 4.79 Å². The molecule has 154 valence electrons. The number of hydrogen-bond donors (Lipinski definition) is 0. The van der Waals surface area contributed by atoms with E-state index in [9.17, 15) is 14.4 Å². The fraction of sp³-hybridized carbons (Fsp3) is 0.600.